The van der Waals surface area contributed by atoms with Gasteiger partial charge in [-0.15, -0.1) is 0 Å². The number of piperazine rings is 2. The molecule has 6 aliphatic heterocycles. The van der Waals surface area contributed by atoms with E-state index in [1.54, 1.807) is 26.8 Å². The second-order valence-electron chi connectivity index (χ2n) is 24.2. The Morgan fingerprint density at radius 1 is 0.500 bits per heavy atom. The average molecular weight is 1200 g/mol. The quantitative estimate of drug-likeness (QED) is 0.170. The Hall–Kier alpha value is -7.62. The normalized spacial score (nSPS) is 16.3. The Morgan fingerprint density at radius 3 is 1.30 bits per heavy atom. The van der Waals surface area contributed by atoms with Crippen molar-refractivity contribution in [3.05, 3.63) is 209 Å². The molecule has 448 valence electrons. The summed E-state index contributed by atoms with van der Waals surface area (Å²) in [5.41, 5.74) is 20.8. The van der Waals surface area contributed by atoms with E-state index in [2.05, 4.69) is 194 Å². The first kappa shape index (κ1) is 64.4. The molecule has 86 heavy (non-hydrogen) atoms. The van der Waals surface area contributed by atoms with Crippen molar-refractivity contribution in [2.24, 2.45) is 0 Å². The summed E-state index contributed by atoms with van der Waals surface area (Å²) in [7, 11) is 1.60. The molecule has 0 amide bonds. The Labute approximate surface area is 507 Å². The molecular formula is C71H83F3N6O4Si2+2. The van der Waals surface area contributed by atoms with E-state index < -0.39 is 16.1 Å². The van der Waals surface area contributed by atoms with E-state index in [9.17, 15) is 13.2 Å². The minimum absolute atomic E-state index is 0.151. The second kappa shape index (κ2) is 27.8. The molecule has 13 rings (SSSR count). The van der Waals surface area contributed by atoms with Crippen molar-refractivity contribution in [1.29, 1.82) is 0 Å². The van der Waals surface area contributed by atoms with Crippen molar-refractivity contribution < 1.29 is 32.3 Å². The number of carbonyl (C=O) groups excluding carboxylic acids is 4. The summed E-state index contributed by atoms with van der Waals surface area (Å²) in [5, 5.41) is 15.6. The third-order valence-electron chi connectivity index (χ3n) is 18.4. The number of hydrogen-bond donors (Lipinski definition) is 1. The molecule has 15 heteroatoms. The number of halogens is 3. The fourth-order valence-electron chi connectivity index (χ4n) is 14.1. The number of hydrogen-bond acceptors (Lipinski definition) is 8. The van der Waals surface area contributed by atoms with E-state index >= 15 is 0 Å². The lowest BCUT2D eigenvalue weighted by Gasteiger charge is -2.38. The average Bonchev–Trinajstić information content (AvgIpc) is 0.960. The molecule has 0 saturated carbocycles. The maximum atomic E-state index is 13.7. The molecule has 7 aromatic rings. The van der Waals surface area contributed by atoms with Gasteiger partial charge in [-0.3, -0.25) is 13.7 Å². The minimum atomic E-state index is -2.00. The Morgan fingerprint density at radius 2 is 0.895 bits per heavy atom. The molecular weight excluding hydrogens is 1110 g/mol. The number of benzene rings is 7. The number of nitrogens with one attached hydrogen (secondary N) is 1. The summed E-state index contributed by atoms with van der Waals surface area (Å²) < 4.78 is 37.6. The molecule has 0 aliphatic carbocycles. The van der Waals surface area contributed by atoms with Crippen molar-refractivity contribution in [3.63, 3.8) is 0 Å². The highest BCUT2D eigenvalue weighted by atomic mass is 28.3. The highest BCUT2D eigenvalue weighted by Crippen LogP contribution is 2.34. The third kappa shape index (κ3) is 12.8. The number of fused-ring (bicyclic) bond motifs is 6. The number of rotatable bonds is 6. The van der Waals surface area contributed by atoms with Crippen molar-refractivity contribution in [3.8, 4) is 0 Å². The maximum Gasteiger partial charge on any atom is 0.373 e. The summed E-state index contributed by atoms with van der Waals surface area (Å²) in [4.78, 5) is 40.1. The molecule has 2 saturated heterocycles. The Balaban J connectivity index is 0.000000198. The van der Waals surface area contributed by atoms with Crippen LogP contribution in [0.25, 0.3) is 11.1 Å². The standard InChI is InChI=1S/C37H41FN3Si.C30H36N3Si.2CH3F.2CO2/c1-25-8-6-9-26(2)36(25)37-31-13-12-30(41-18-16-40(17-19-41)24-27-10-7-11-29(38)20-27)22-34(31)42(4,5)35-23-33-28(21-32(35)37)14-15-39(33)3;1-20-7-6-8-21(2)29(20)30-24-10-9-23(33-15-12-31-13-16-33)18-27(24)34(4,5)28-19-26-22(17-25(28)30)11-14-32(26)3;2*1-2;2*2-1-3/h6-13,20-23H,14-19,24H2,1-5H3;6-10,17-19,31H,11-16H2,1-5H3;2*1H3;;/q2*+1;;;;. The molecule has 0 atom stereocenters. The van der Waals surface area contributed by atoms with Crippen LogP contribution in [0.4, 0.5) is 24.5 Å². The van der Waals surface area contributed by atoms with E-state index in [1.165, 1.54) is 105 Å². The maximum absolute atomic E-state index is 13.7. The van der Waals surface area contributed by atoms with Crippen LogP contribution >= 0.6 is 0 Å². The topological polar surface area (TPSA) is 96.0 Å². The van der Waals surface area contributed by atoms with Crippen molar-refractivity contribution >= 4 is 71.7 Å². The van der Waals surface area contributed by atoms with Gasteiger partial charge in [0.15, 0.2) is 0 Å². The minimum Gasteiger partial charge on any atom is -0.369 e. The molecule has 2 fully saturated rings. The van der Waals surface area contributed by atoms with Crippen LogP contribution in [0, 0.1) is 33.5 Å². The van der Waals surface area contributed by atoms with Crippen LogP contribution in [-0.4, -0.2) is 127 Å². The largest absolute Gasteiger partial charge is 0.373 e. The monoisotopic (exact) mass is 1200 g/mol. The fourth-order valence-corrected chi connectivity index (χ4v) is 20.2. The Kier molecular flexibility index (Phi) is 20.8. The molecule has 10 nitrogen and oxygen atoms in total. The zero-order valence-electron chi connectivity index (χ0n) is 52.2. The molecule has 0 aromatic heterocycles. The van der Waals surface area contributed by atoms with Gasteiger partial charge in [0.2, 0.25) is 10.7 Å². The first-order chi connectivity index (χ1) is 41.4. The van der Waals surface area contributed by atoms with Gasteiger partial charge in [0, 0.05) is 106 Å². The zero-order valence-corrected chi connectivity index (χ0v) is 54.2. The van der Waals surface area contributed by atoms with Crippen molar-refractivity contribution in [2.45, 2.75) is 73.3 Å². The summed E-state index contributed by atoms with van der Waals surface area (Å²) in [6, 6.07) is 45.5. The van der Waals surface area contributed by atoms with E-state index in [0.29, 0.717) is 14.4 Å². The molecule has 0 spiro atoms. The van der Waals surface area contributed by atoms with Crippen LogP contribution in [-0.2, 0) is 38.6 Å². The summed E-state index contributed by atoms with van der Waals surface area (Å²) in [6.07, 6.45) is 2.77. The van der Waals surface area contributed by atoms with E-state index in [1.807, 2.05) is 12.1 Å². The first-order valence-electron chi connectivity index (χ1n) is 29.8. The predicted octanol–water partition coefficient (Wildman–Crippen LogP) is 5.60. The fraction of sp³-hybridized carbons (Fsp3) is 0.352. The molecule has 7 aromatic carbocycles. The third-order valence-corrected chi connectivity index (χ3v) is 25.5. The van der Waals surface area contributed by atoms with Gasteiger partial charge < -0.3 is 15.1 Å². The van der Waals surface area contributed by atoms with Gasteiger partial charge in [0.25, 0.3) is 0 Å². The van der Waals surface area contributed by atoms with Crippen molar-refractivity contribution in [2.75, 3.05) is 104 Å². The molecule has 6 heterocycles. The van der Waals surface area contributed by atoms with Gasteiger partial charge in [-0.2, -0.15) is 19.2 Å². The summed E-state index contributed by atoms with van der Waals surface area (Å²) in [6.45, 7) is 30.6. The van der Waals surface area contributed by atoms with Crippen LogP contribution in [0.3, 0.4) is 0 Å². The van der Waals surface area contributed by atoms with Crippen LogP contribution in [0.1, 0.15) is 61.2 Å². The molecule has 0 bridgehead atoms. The lowest BCUT2D eigenvalue weighted by atomic mass is 9.88. The van der Waals surface area contributed by atoms with E-state index in [4.69, 9.17) is 19.2 Å². The van der Waals surface area contributed by atoms with Gasteiger partial charge in [0.1, 0.15) is 49.1 Å². The molecule has 6 aliphatic rings. The van der Waals surface area contributed by atoms with E-state index in [-0.39, 0.29) is 18.1 Å². The highest BCUT2D eigenvalue weighted by Gasteiger charge is 2.40. The summed E-state index contributed by atoms with van der Waals surface area (Å²) >= 11 is 0. The van der Waals surface area contributed by atoms with Gasteiger partial charge in [0.05, 0.1) is 14.4 Å². The van der Waals surface area contributed by atoms with Gasteiger partial charge in [-0.05, 0) is 169 Å². The van der Waals surface area contributed by atoms with Crippen molar-refractivity contribution in [1.82, 2.24) is 19.4 Å². The lowest BCUT2D eigenvalue weighted by Crippen LogP contribution is -2.64. The van der Waals surface area contributed by atoms with Gasteiger partial charge >= 0.3 is 12.3 Å². The van der Waals surface area contributed by atoms with E-state index in [0.717, 1.165) is 90.4 Å². The van der Waals surface area contributed by atoms with Crippen LogP contribution in [0.5, 0.6) is 0 Å². The second-order valence-corrected chi connectivity index (χ2v) is 32.8. The lowest BCUT2D eigenvalue weighted by molar-refractivity contribution is -0.193. The molecule has 0 unspecified atom stereocenters. The highest BCUT2D eigenvalue weighted by molar-refractivity contribution is 7.02. The first-order valence-corrected chi connectivity index (χ1v) is 35.8. The van der Waals surface area contributed by atoms with Crippen LogP contribution < -0.4 is 66.2 Å². The molecule has 1 N–H and O–H groups in total. The van der Waals surface area contributed by atoms with Gasteiger partial charge in [-0.25, -0.2) is 13.5 Å². The zero-order chi connectivity index (χ0) is 62.2. The Bertz CT molecular complexity index is 3970. The number of anilines is 2. The SMILES string of the molecule is CF.CF.Cc1cccc(C)c1C1=c2cc3c(cc2[Si](C)(C)c2cc(N4CCN(Cc5cccc(F)c5)CC4)ccc21)=[N+](C)CC3.Cc1cccc(C)c1C1=c2cc3c(cc2[Si](C)(C)c2cc(N4CCNCC4)ccc21)=[N+](C)CC3.O=C=O.O=C=O. The van der Waals surface area contributed by atoms with Crippen LogP contribution in [0.15, 0.2) is 121 Å². The molecule has 0 radical (unpaired) electrons. The predicted molar refractivity (Wildman–Crippen MR) is 347 cm³/mol. The number of nitrogens with zero attached hydrogens (tertiary/aromatic N) is 5. The van der Waals surface area contributed by atoms with Crippen LogP contribution in [0.2, 0.25) is 26.2 Å². The number of aryl methyl sites for hydroxylation is 4. The summed E-state index contributed by atoms with van der Waals surface area (Å²) in [5.74, 6) is -0.151. The van der Waals surface area contributed by atoms with Gasteiger partial charge in [-0.1, -0.05) is 86.9 Å². The number of alkyl halides is 2. The smallest absolute Gasteiger partial charge is 0.369 e. The number of likely N-dealkylation sites (N-methyl/N-ethyl adjacent to an activating group) is 2.